The second kappa shape index (κ2) is 7.52. The number of hydrogen-bond acceptors (Lipinski definition) is 4. The van der Waals surface area contributed by atoms with Gasteiger partial charge < -0.3 is 4.74 Å². The molecule has 1 fully saturated rings. The van der Waals surface area contributed by atoms with Gasteiger partial charge in [0.25, 0.3) is 5.91 Å². The molecule has 146 valence electrons. The first-order chi connectivity index (χ1) is 13.3. The van der Waals surface area contributed by atoms with Crippen LogP contribution < -0.4 is 15.1 Å². The number of benzene rings is 2. The van der Waals surface area contributed by atoms with Gasteiger partial charge in [-0.25, -0.2) is 14.7 Å². The van der Waals surface area contributed by atoms with Crippen LogP contribution in [0.5, 0.6) is 5.75 Å². The zero-order valence-electron chi connectivity index (χ0n) is 15.8. The van der Waals surface area contributed by atoms with E-state index in [0.29, 0.717) is 28.4 Å². The van der Waals surface area contributed by atoms with E-state index in [-0.39, 0.29) is 5.84 Å². The number of hydrazine groups is 1. The first-order valence-corrected chi connectivity index (χ1v) is 9.14. The van der Waals surface area contributed by atoms with Crippen molar-refractivity contribution in [2.75, 3.05) is 12.0 Å². The van der Waals surface area contributed by atoms with Crippen LogP contribution in [0.4, 0.5) is 10.5 Å². The molecular weight excluding hydrogens is 380 g/mol. The number of amidine groups is 1. The average Bonchev–Trinajstić information content (AvgIpc) is 2.89. The first-order valence-electron chi connectivity index (χ1n) is 8.76. The first kappa shape index (κ1) is 19.7. The number of ether oxygens (including phenoxy) is 1. The summed E-state index contributed by atoms with van der Waals surface area (Å²) in [6.07, 6.45) is 0.432. The number of nitrogens with zero attached hydrogens (tertiary/aromatic N) is 2. The van der Waals surface area contributed by atoms with Gasteiger partial charge >= 0.3 is 6.03 Å². The molecule has 8 heteroatoms. The zero-order valence-corrected chi connectivity index (χ0v) is 16.6. The molecule has 1 atom stereocenters. The van der Waals surface area contributed by atoms with Crippen LogP contribution in [0.3, 0.4) is 0 Å². The monoisotopic (exact) mass is 400 g/mol. The third-order valence-electron chi connectivity index (χ3n) is 4.96. The Labute approximate surface area is 168 Å². The van der Waals surface area contributed by atoms with Crippen LogP contribution >= 0.6 is 11.6 Å². The highest BCUT2D eigenvalue weighted by atomic mass is 35.5. The fraction of sp³-hybridized carbons (Fsp3) is 0.250. The SMILES string of the molecule is CCC1(C)C(=N)N(c2ccccc2Cl)C(=O)N1NC(=O)c1ccc(OC)cc1. The Balaban J connectivity index is 1.92. The number of para-hydroxylation sites is 1. The van der Waals surface area contributed by atoms with Gasteiger partial charge in [0.1, 0.15) is 17.1 Å². The summed E-state index contributed by atoms with van der Waals surface area (Å²) < 4.78 is 5.09. The lowest BCUT2D eigenvalue weighted by Crippen LogP contribution is -2.55. The Morgan fingerprint density at radius 3 is 2.43 bits per heavy atom. The van der Waals surface area contributed by atoms with Crippen LogP contribution in [-0.4, -0.2) is 35.4 Å². The van der Waals surface area contributed by atoms with Crippen molar-refractivity contribution in [3.63, 3.8) is 0 Å². The van der Waals surface area contributed by atoms with Crippen LogP contribution in [0.2, 0.25) is 5.02 Å². The summed E-state index contributed by atoms with van der Waals surface area (Å²) in [5.41, 5.74) is 2.41. The Kier molecular flexibility index (Phi) is 5.29. The van der Waals surface area contributed by atoms with Gasteiger partial charge in [-0.3, -0.25) is 15.6 Å². The summed E-state index contributed by atoms with van der Waals surface area (Å²) in [4.78, 5) is 27.1. The molecule has 2 aromatic rings. The minimum Gasteiger partial charge on any atom is -0.497 e. The molecule has 28 heavy (non-hydrogen) atoms. The molecule has 0 aromatic heterocycles. The van der Waals surface area contributed by atoms with E-state index in [1.165, 1.54) is 9.91 Å². The standard InChI is InChI=1S/C20H21ClN4O3/c1-4-20(2)18(22)24(16-8-6-5-7-15(16)21)19(27)25(20)23-17(26)13-9-11-14(28-3)12-10-13/h5-12,22H,4H2,1-3H3,(H,23,26). The van der Waals surface area contributed by atoms with E-state index < -0.39 is 17.5 Å². The second-order valence-corrected chi connectivity index (χ2v) is 6.96. The van der Waals surface area contributed by atoms with Gasteiger partial charge in [0.05, 0.1) is 17.8 Å². The lowest BCUT2D eigenvalue weighted by atomic mass is 9.98. The van der Waals surface area contributed by atoms with Crippen molar-refractivity contribution < 1.29 is 14.3 Å². The maximum atomic E-state index is 13.1. The van der Waals surface area contributed by atoms with E-state index in [4.69, 9.17) is 21.7 Å². The van der Waals surface area contributed by atoms with Crippen molar-refractivity contribution in [2.45, 2.75) is 25.8 Å². The Hall–Kier alpha value is -3.06. The molecule has 1 saturated heterocycles. The summed E-state index contributed by atoms with van der Waals surface area (Å²) in [5.74, 6) is 0.214. The molecule has 3 amide bonds. The number of urea groups is 1. The summed E-state index contributed by atoms with van der Waals surface area (Å²) in [6, 6.07) is 12.8. The van der Waals surface area contributed by atoms with Gasteiger partial charge in [-0.15, -0.1) is 0 Å². The van der Waals surface area contributed by atoms with Gasteiger partial charge in [0, 0.05) is 5.56 Å². The van der Waals surface area contributed by atoms with E-state index in [1.54, 1.807) is 62.6 Å². The van der Waals surface area contributed by atoms with E-state index in [1.807, 2.05) is 6.92 Å². The molecule has 1 unspecified atom stereocenters. The molecule has 0 saturated carbocycles. The number of halogens is 1. The Bertz CT molecular complexity index is 931. The van der Waals surface area contributed by atoms with E-state index >= 15 is 0 Å². The lowest BCUT2D eigenvalue weighted by molar-refractivity contribution is 0.0752. The normalized spacial score (nSPS) is 19.1. The van der Waals surface area contributed by atoms with Crippen LogP contribution in [0.1, 0.15) is 30.6 Å². The third kappa shape index (κ3) is 3.18. The molecule has 1 aliphatic rings. The van der Waals surface area contributed by atoms with Crippen LogP contribution in [0.15, 0.2) is 48.5 Å². The molecule has 0 spiro atoms. The molecule has 0 aliphatic carbocycles. The summed E-state index contributed by atoms with van der Waals surface area (Å²) in [5, 5.41) is 10.1. The van der Waals surface area contributed by atoms with Gasteiger partial charge in [-0.2, -0.15) is 0 Å². The van der Waals surface area contributed by atoms with Gasteiger partial charge in [0.2, 0.25) is 0 Å². The third-order valence-corrected chi connectivity index (χ3v) is 5.28. The van der Waals surface area contributed by atoms with Gasteiger partial charge in [0.15, 0.2) is 0 Å². The summed E-state index contributed by atoms with van der Waals surface area (Å²) in [7, 11) is 1.54. The Morgan fingerprint density at radius 2 is 1.86 bits per heavy atom. The molecular formula is C20H21ClN4O3. The fourth-order valence-corrected chi connectivity index (χ4v) is 3.24. The molecule has 1 heterocycles. The fourth-order valence-electron chi connectivity index (χ4n) is 3.02. The van der Waals surface area contributed by atoms with E-state index in [9.17, 15) is 9.59 Å². The number of rotatable bonds is 5. The maximum Gasteiger partial charge on any atom is 0.349 e. The van der Waals surface area contributed by atoms with Crippen molar-refractivity contribution in [2.24, 2.45) is 0 Å². The van der Waals surface area contributed by atoms with Crippen molar-refractivity contribution in [1.82, 2.24) is 10.4 Å². The van der Waals surface area contributed by atoms with Gasteiger partial charge in [-0.1, -0.05) is 30.7 Å². The predicted octanol–water partition coefficient (Wildman–Crippen LogP) is 4.08. The number of methoxy groups -OCH3 is 1. The van der Waals surface area contributed by atoms with Crippen molar-refractivity contribution in [3.05, 3.63) is 59.1 Å². The highest BCUT2D eigenvalue weighted by molar-refractivity contribution is 6.36. The Morgan fingerprint density at radius 1 is 1.21 bits per heavy atom. The smallest absolute Gasteiger partial charge is 0.349 e. The molecule has 3 rings (SSSR count). The second-order valence-electron chi connectivity index (χ2n) is 6.55. The molecule has 0 radical (unpaired) electrons. The van der Waals surface area contributed by atoms with Crippen molar-refractivity contribution in [3.8, 4) is 5.75 Å². The topological polar surface area (TPSA) is 85.7 Å². The largest absolute Gasteiger partial charge is 0.497 e. The summed E-state index contributed by atoms with van der Waals surface area (Å²) in [6.45, 7) is 3.59. The number of anilines is 1. The van der Waals surface area contributed by atoms with E-state index in [2.05, 4.69) is 5.43 Å². The minimum atomic E-state index is -1.02. The number of amides is 3. The minimum absolute atomic E-state index is 0.0446. The highest BCUT2D eigenvalue weighted by Gasteiger charge is 2.52. The average molecular weight is 401 g/mol. The molecule has 1 aliphatic heterocycles. The van der Waals surface area contributed by atoms with Crippen LogP contribution in [0.25, 0.3) is 0 Å². The lowest BCUT2D eigenvalue weighted by Gasteiger charge is -2.31. The van der Waals surface area contributed by atoms with Crippen LogP contribution in [-0.2, 0) is 0 Å². The predicted molar refractivity (Wildman–Crippen MR) is 108 cm³/mol. The number of nitrogens with one attached hydrogen (secondary N) is 2. The van der Waals surface area contributed by atoms with Crippen LogP contribution in [0, 0.1) is 5.41 Å². The molecule has 2 N–H and O–H groups in total. The number of carbonyl (C=O) groups excluding carboxylic acids is 2. The molecule has 0 bridgehead atoms. The molecule has 2 aromatic carbocycles. The number of hydrogen-bond donors (Lipinski definition) is 2. The summed E-state index contributed by atoms with van der Waals surface area (Å²) >= 11 is 6.24. The maximum absolute atomic E-state index is 13.1. The molecule has 7 nitrogen and oxygen atoms in total. The van der Waals surface area contributed by atoms with Gasteiger partial charge in [-0.05, 0) is 49.7 Å². The van der Waals surface area contributed by atoms with E-state index in [0.717, 1.165) is 0 Å². The quantitative estimate of drug-likeness (QED) is 0.792. The van der Waals surface area contributed by atoms with Crippen molar-refractivity contribution >= 4 is 35.1 Å². The highest BCUT2D eigenvalue weighted by Crippen LogP contribution is 2.36. The number of carbonyl (C=O) groups is 2. The van der Waals surface area contributed by atoms with Crippen molar-refractivity contribution in [1.29, 1.82) is 5.41 Å². The zero-order chi connectivity index (χ0) is 20.5.